The number of hydrogen-bond donors (Lipinski definition) is 1. The SMILES string of the molecule is Cc1ccc(C(=O)NC(C)(C)Cc2ccccc2)c(Cl)c1. The number of nitrogens with one attached hydrogen (secondary N) is 1. The molecular weight excluding hydrogens is 282 g/mol. The van der Waals surface area contributed by atoms with E-state index in [2.05, 4.69) is 17.4 Å². The van der Waals surface area contributed by atoms with Crippen LogP contribution in [0.15, 0.2) is 48.5 Å². The second kappa shape index (κ2) is 6.31. The van der Waals surface area contributed by atoms with Crippen molar-refractivity contribution in [1.82, 2.24) is 5.32 Å². The first-order valence-corrected chi connectivity index (χ1v) is 7.38. The fourth-order valence-electron chi connectivity index (χ4n) is 2.33. The molecule has 0 radical (unpaired) electrons. The van der Waals surface area contributed by atoms with Gasteiger partial charge < -0.3 is 5.32 Å². The number of carbonyl (C=O) groups is 1. The van der Waals surface area contributed by atoms with E-state index in [0.29, 0.717) is 10.6 Å². The molecule has 0 aliphatic heterocycles. The van der Waals surface area contributed by atoms with Crippen molar-refractivity contribution in [1.29, 1.82) is 0 Å². The lowest BCUT2D eigenvalue weighted by molar-refractivity contribution is 0.0913. The van der Waals surface area contributed by atoms with Gasteiger partial charge in [0.2, 0.25) is 0 Å². The Kier molecular flexibility index (Phi) is 4.69. The van der Waals surface area contributed by atoms with E-state index in [9.17, 15) is 4.79 Å². The maximum absolute atomic E-state index is 12.4. The lowest BCUT2D eigenvalue weighted by Gasteiger charge is -2.26. The molecular formula is C18H20ClNO. The summed E-state index contributed by atoms with van der Waals surface area (Å²) in [6.45, 7) is 5.98. The molecule has 1 amide bonds. The molecule has 0 saturated heterocycles. The van der Waals surface area contributed by atoms with Gasteiger partial charge in [-0.3, -0.25) is 4.79 Å². The molecule has 0 unspecified atom stereocenters. The van der Waals surface area contributed by atoms with E-state index in [4.69, 9.17) is 11.6 Å². The van der Waals surface area contributed by atoms with Gasteiger partial charge in [-0.05, 0) is 50.5 Å². The molecule has 0 atom stereocenters. The molecule has 2 aromatic carbocycles. The maximum Gasteiger partial charge on any atom is 0.253 e. The summed E-state index contributed by atoms with van der Waals surface area (Å²) in [4.78, 5) is 12.4. The van der Waals surface area contributed by atoms with Crippen LogP contribution in [-0.4, -0.2) is 11.4 Å². The van der Waals surface area contributed by atoms with Gasteiger partial charge in [0, 0.05) is 5.54 Å². The molecule has 110 valence electrons. The number of hydrogen-bond acceptors (Lipinski definition) is 1. The smallest absolute Gasteiger partial charge is 0.253 e. The second-order valence-electron chi connectivity index (χ2n) is 5.98. The predicted octanol–water partition coefficient (Wildman–Crippen LogP) is 4.40. The van der Waals surface area contributed by atoms with Crippen molar-refractivity contribution in [3.63, 3.8) is 0 Å². The Morgan fingerprint density at radius 1 is 1.14 bits per heavy atom. The Balaban J connectivity index is 2.10. The monoisotopic (exact) mass is 301 g/mol. The van der Waals surface area contributed by atoms with Gasteiger partial charge in [0.15, 0.2) is 0 Å². The molecule has 0 bridgehead atoms. The topological polar surface area (TPSA) is 29.1 Å². The van der Waals surface area contributed by atoms with Gasteiger partial charge in [0.1, 0.15) is 0 Å². The Labute approximate surface area is 131 Å². The number of rotatable bonds is 4. The molecule has 1 N–H and O–H groups in total. The first kappa shape index (κ1) is 15.6. The summed E-state index contributed by atoms with van der Waals surface area (Å²) in [5.41, 5.74) is 2.41. The fourth-order valence-corrected chi connectivity index (χ4v) is 2.65. The minimum absolute atomic E-state index is 0.138. The molecule has 0 fully saturated rings. The molecule has 0 spiro atoms. The van der Waals surface area contributed by atoms with Gasteiger partial charge >= 0.3 is 0 Å². The summed E-state index contributed by atoms with van der Waals surface area (Å²) >= 11 is 6.15. The van der Waals surface area contributed by atoms with Crippen LogP contribution in [0.1, 0.15) is 35.3 Å². The molecule has 0 aliphatic carbocycles. The number of halogens is 1. The normalized spacial score (nSPS) is 11.2. The zero-order chi connectivity index (χ0) is 15.5. The van der Waals surface area contributed by atoms with Gasteiger partial charge in [-0.15, -0.1) is 0 Å². The third kappa shape index (κ3) is 4.33. The number of aryl methyl sites for hydroxylation is 1. The number of amides is 1. The molecule has 0 aromatic heterocycles. The van der Waals surface area contributed by atoms with E-state index in [1.165, 1.54) is 5.56 Å². The quantitative estimate of drug-likeness (QED) is 0.891. The highest BCUT2D eigenvalue weighted by Gasteiger charge is 2.22. The third-order valence-electron chi connectivity index (χ3n) is 3.31. The molecule has 0 heterocycles. The Morgan fingerprint density at radius 3 is 2.43 bits per heavy atom. The molecule has 21 heavy (non-hydrogen) atoms. The molecule has 3 heteroatoms. The predicted molar refractivity (Wildman–Crippen MR) is 87.9 cm³/mol. The summed E-state index contributed by atoms with van der Waals surface area (Å²) in [5.74, 6) is -0.138. The van der Waals surface area contributed by atoms with Crippen molar-refractivity contribution in [3.8, 4) is 0 Å². The highest BCUT2D eigenvalue weighted by Crippen LogP contribution is 2.19. The average molecular weight is 302 g/mol. The van der Waals surface area contributed by atoms with Crippen LogP contribution in [0.4, 0.5) is 0 Å². The van der Waals surface area contributed by atoms with Crippen LogP contribution in [-0.2, 0) is 6.42 Å². The molecule has 0 saturated carbocycles. The minimum atomic E-state index is -0.341. The summed E-state index contributed by atoms with van der Waals surface area (Å²) in [7, 11) is 0. The fraction of sp³-hybridized carbons (Fsp3) is 0.278. The van der Waals surface area contributed by atoms with E-state index in [0.717, 1.165) is 12.0 Å². The highest BCUT2D eigenvalue weighted by atomic mass is 35.5. The lowest BCUT2D eigenvalue weighted by Crippen LogP contribution is -2.45. The van der Waals surface area contributed by atoms with Crippen LogP contribution in [0.25, 0.3) is 0 Å². The second-order valence-corrected chi connectivity index (χ2v) is 6.39. The van der Waals surface area contributed by atoms with Crippen molar-refractivity contribution in [3.05, 3.63) is 70.2 Å². The molecule has 2 aromatic rings. The van der Waals surface area contributed by atoms with Crippen molar-refractivity contribution < 1.29 is 4.79 Å². The Bertz CT molecular complexity index is 635. The van der Waals surface area contributed by atoms with Crippen LogP contribution in [0.2, 0.25) is 5.02 Å². The number of benzene rings is 2. The van der Waals surface area contributed by atoms with E-state index >= 15 is 0 Å². The summed E-state index contributed by atoms with van der Waals surface area (Å²) < 4.78 is 0. The third-order valence-corrected chi connectivity index (χ3v) is 3.62. The molecule has 0 aliphatic rings. The first-order valence-electron chi connectivity index (χ1n) is 7.00. The first-order chi connectivity index (χ1) is 9.87. The van der Waals surface area contributed by atoms with Crippen LogP contribution < -0.4 is 5.32 Å². The van der Waals surface area contributed by atoms with Crippen molar-refractivity contribution in [2.45, 2.75) is 32.7 Å². The van der Waals surface area contributed by atoms with Gasteiger partial charge in [0.05, 0.1) is 10.6 Å². The van der Waals surface area contributed by atoms with E-state index in [1.54, 1.807) is 12.1 Å². The lowest BCUT2D eigenvalue weighted by atomic mass is 9.94. The largest absolute Gasteiger partial charge is 0.347 e. The van der Waals surface area contributed by atoms with Crippen LogP contribution in [0.5, 0.6) is 0 Å². The molecule has 2 nitrogen and oxygen atoms in total. The van der Waals surface area contributed by atoms with E-state index < -0.39 is 0 Å². The standard InChI is InChI=1S/C18H20ClNO/c1-13-9-10-15(16(19)11-13)17(21)20-18(2,3)12-14-7-5-4-6-8-14/h4-11H,12H2,1-3H3,(H,20,21). The summed E-state index contributed by atoms with van der Waals surface area (Å²) in [6.07, 6.45) is 0.767. The van der Waals surface area contributed by atoms with Crippen LogP contribution >= 0.6 is 11.6 Å². The minimum Gasteiger partial charge on any atom is -0.347 e. The van der Waals surface area contributed by atoms with E-state index in [1.807, 2.05) is 45.0 Å². The zero-order valence-electron chi connectivity index (χ0n) is 12.6. The Morgan fingerprint density at radius 2 is 1.81 bits per heavy atom. The highest BCUT2D eigenvalue weighted by molar-refractivity contribution is 6.33. The van der Waals surface area contributed by atoms with Gasteiger partial charge in [-0.2, -0.15) is 0 Å². The van der Waals surface area contributed by atoms with Crippen LogP contribution in [0.3, 0.4) is 0 Å². The molecule has 2 rings (SSSR count). The Hall–Kier alpha value is -1.80. The summed E-state index contributed by atoms with van der Waals surface area (Å²) in [5, 5.41) is 3.55. The van der Waals surface area contributed by atoms with Gasteiger partial charge in [-0.25, -0.2) is 0 Å². The van der Waals surface area contributed by atoms with Gasteiger partial charge in [0.25, 0.3) is 5.91 Å². The van der Waals surface area contributed by atoms with Crippen molar-refractivity contribution in [2.75, 3.05) is 0 Å². The van der Waals surface area contributed by atoms with Crippen molar-refractivity contribution in [2.24, 2.45) is 0 Å². The summed E-state index contributed by atoms with van der Waals surface area (Å²) in [6, 6.07) is 15.6. The average Bonchev–Trinajstić information content (AvgIpc) is 2.38. The number of carbonyl (C=O) groups excluding carboxylic acids is 1. The van der Waals surface area contributed by atoms with Gasteiger partial charge in [-0.1, -0.05) is 48.0 Å². The van der Waals surface area contributed by atoms with E-state index in [-0.39, 0.29) is 11.4 Å². The van der Waals surface area contributed by atoms with Crippen LogP contribution in [0, 0.1) is 6.92 Å². The maximum atomic E-state index is 12.4. The van der Waals surface area contributed by atoms with Crippen molar-refractivity contribution >= 4 is 17.5 Å². The zero-order valence-corrected chi connectivity index (χ0v) is 13.4.